The van der Waals surface area contributed by atoms with E-state index in [1.807, 2.05) is 18.2 Å². The van der Waals surface area contributed by atoms with Crippen LogP contribution in [0.3, 0.4) is 0 Å². The number of likely N-dealkylation sites (tertiary alicyclic amines) is 1. The summed E-state index contributed by atoms with van der Waals surface area (Å²) in [7, 11) is 0. The van der Waals surface area contributed by atoms with Crippen molar-refractivity contribution in [2.45, 2.75) is 56.3 Å². The van der Waals surface area contributed by atoms with Gasteiger partial charge in [-0.25, -0.2) is 9.18 Å². The lowest BCUT2D eigenvalue weighted by molar-refractivity contribution is -0.139. The van der Waals surface area contributed by atoms with Crippen LogP contribution in [0.2, 0.25) is 0 Å². The van der Waals surface area contributed by atoms with Crippen molar-refractivity contribution in [1.82, 2.24) is 9.80 Å². The van der Waals surface area contributed by atoms with Crippen LogP contribution in [0.5, 0.6) is 0 Å². The first-order valence-corrected chi connectivity index (χ1v) is 12.5. The first-order valence-electron chi connectivity index (χ1n) is 12.5. The average Bonchev–Trinajstić information content (AvgIpc) is 3.30. The fraction of sp³-hybridized carbons (Fsp3) is 0.481. The van der Waals surface area contributed by atoms with Gasteiger partial charge < -0.3 is 15.3 Å². The molecule has 37 heavy (non-hydrogen) atoms. The number of carbonyl (C=O) groups is 1. The topological polar surface area (TPSA) is 79.6 Å². The number of hydrogen-bond acceptors (Lipinski definition) is 4. The summed E-state index contributed by atoms with van der Waals surface area (Å²) in [6.45, 7) is 2.12. The summed E-state index contributed by atoms with van der Waals surface area (Å²) < 4.78 is 53.2. The van der Waals surface area contributed by atoms with Gasteiger partial charge in [0.2, 0.25) is 0 Å². The summed E-state index contributed by atoms with van der Waals surface area (Å²) >= 11 is 0. The first kappa shape index (κ1) is 26.9. The van der Waals surface area contributed by atoms with Crippen LogP contribution in [0, 0.1) is 17.1 Å². The van der Waals surface area contributed by atoms with Crippen molar-refractivity contribution in [3.8, 4) is 6.07 Å². The van der Waals surface area contributed by atoms with Gasteiger partial charge in [-0.05, 0) is 73.9 Å². The Balaban J connectivity index is 1.46. The molecule has 6 nitrogen and oxygen atoms in total. The molecule has 10 heteroatoms. The molecule has 2 fully saturated rings. The number of nitrogens with one attached hydrogen (secondary N) is 1. The van der Waals surface area contributed by atoms with E-state index in [0.29, 0.717) is 63.1 Å². The van der Waals surface area contributed by atoms with Gasteiger partial charge in [-0.15, -0.1) is 0 Å². The van der Waals surface area contributed by atoms with Crippen LogP contribution in [0.25, 0.3) is 0 Å². The number of aliphatic hydroxyl groups excluding tert-OH is 1. The smallest absolute Gasteiger partial charge is 0.392 e. The van der Waals surface area contributed by atoms with E-state index < -0.39 is 29.7 Å². The highest BCUT2D eigenvalue weighted by Crippen LogP contribution is 2.36. The Bertz CT molecular complexity index is 1140. The van der Waals surface area contributed by atoms with Crippen molar-refractivity contribution >= 4 is 11.7 Å². The monoisotopic (exact) mass is 518 g/mol. The fourth-order valence-corrected chi connectivity index (χ4v) is 5.31. The van der Waals surface area contributed by atoms with Crippen molar-refractivity contribution in [2.75, 3.05) is 31.5 Å². The molecule has 198 valence electrons. The van der Waals surface area contributed by atoms with E-state index in [0.717, 1.165) is 24.5 Å². The molecule has 0 spiro atoms. The molecule has 2 amide bonds. The SMILES string of the molecule is N#Cc1cccc([C@H]2CC[C@@H](N(CCN3CC[C@@H](O)C3)C(=O)Nc3ccc(F)c(C(F)(F)F)c3)CC2)c1. The standard InChI is InChI=1S/C27H30F4N4O2/c28-25-9-6-21(15-24(25)27(29,30)31)33-26(37)35(13-12-34-11-10-23(36)17-34)22-7-4-19(5-8-22)20-3-1-2-18(14-20)16-32/h1-3,6,9,14-15,19,22-23,36H,4-5,7-8,10-13,17H2,(H,33,37)/t19-,22+,23-/m1/s1. The Kier molecular flexibility index (Phi) is 8.35. The van der Waals surface area contributed by atoms with E-state index in [9.17, 15) is 32.7 Å². The van der Waals surface area contributed by atoms with Gasteiger partial charge in [0.15, 0.2) is 0 Å². The van der Waals surface area contributed by atoms with Crippen LogP contribution >= 0.6 is 0 Å². The third-order valence-electron chi connectivity index (χ3n) is 7.31. The van der Waals surface area contributed by atoms with Crippen LogP contribution in [-0.2, 0) is 6.18 Å². The summed E-state index contributed by atoms with van der Waals surface area (Å²) in [5.41, 5.74) is 0.141. The molecular weight excluding hydrogens is 488 g/mol. The predicted octanol–water partition coefficient (Wildman–Crippen LogP) is 5.34. The number of hydrogen-bond donors (Lipinski definition) is 2. The normalized spacial score (nSPS) is 22.4. The molecular formula is C27H30F4N4O2. The maximum absolute atomic E-state index is 13.7. The summed E-state index contributed by atoms with van der Waals surface area (Å²) in [5.74, 6) is -1.14. The number of aliphatic hydroxyl groups is 1. The minimum atomic E-state index is -4.87. The highest BCUT2D eigenvalue weighted by Gasteiger charge is 2.35. The van der Waals surface area contributed by atoms with Gasteiger partial charge in [0.25, 0.3) is 0 Å². The van der Waals surface area contributed by atoms with E-state index in [1.54, 1.807) is 11.0 Å². The minimum Gasteiger partial charge on any atom is -0.392 e. The number of anilines is 1. The molecule has 2 N–H and O–H groups in total. The Morgan fingerprint density at radius 3 is 2.54 bits per heavy atom. The maximum Gasteiger partial charge on any atom is 0.419 e. The zero-order valence-electron chi connectivity index (χ0n) is 20.3. The van der Waals surface area contributed by atoms with Crippen LogP contribution in [0.1, 0.15) is 54.7 Å². The van der Waals surface area contributed by atoms with Gasteiger partial charge in [-0.3, -0.25) is 4.90 Å². The van der Waals surface area contributed by atoms with Crippen molar-refractivity contribution in [1.29, 1.82) is 5.26 Å². The van der Waals surface area contributed by atoms with E-state index in [-0.39, 0.29) is 17.6 Å². The number of alkyl halides is 3. The lowest BCUT2D eigenvalue weighted by Crippen LogP contribution is -2.47. The molecule has 1 atom stereocenters. The molecule has 1 heterocycles. The molecule has 0 aromatic heterocycles. The molecule has 2 aromatic rings. The van der Waals surface area contributed by atoms with E-state index in [1.165, 1.54) is 0 Å². The summed E-state index contributed by atoms with van der Waals surface area (Å²) in [4.78, 5) is 17.0. The molecule has 1 aliphatic heterocycles. The largest absolute Gasteiger partial charge is 0.419 e. The Morgan fingerprint density at radius 1 is 1.14 bits per heavy atom. The number of benzene rings is 2. The molecule has 4 rings (SSSR count). The number of carbonyl (C=O) groups excluding carboxylic acids is 1. The minimum absolute atomic E-state index is 0.120. The van der Waals surface area contributed by atoms with Crippen molar-refractivity contribution < 1.29 is 27.5 Å². The van der Waals surface area contributed by atoms with Crippen LogP contribution < -0.4 is 5.32 Å². The highest BCUT2D eigenvalue weighted by atomic mass is 19.4. The van der Waals surface area contributed by atoms with Gasteiger partial charge in [-0.2, -0.15) is 18.4 Å². The molecule has 1 saturated heterocycles. The number of β-amino-alcohol motifs (C(OH)–C–C–N with tert-alkyl or cyclic N) is 1. The lowest BCUT2D eigenvalue weighted by Gasteiger charge is -2.38. The number of urea groups is 1. The van der Waals surface area contributed by atoms with E-state index in [2.05, 4.69) is 16.3 Å². The zero-order valence-corrected chi connectivity index (χ0v) is 20.3. The number of nitriles is 1. The van der Waals surface area contributed by atoms with Crippen LogP contribution in [0.4, 0.5) is 28.0 Å². The van der Waals surface area contributed by atoms with Crippen LogP contribution in [0.15, 0.2) is 42.5 Å². The number of halogens is 4. The molecule has 2 aromatic carbocycles. The van der Waals surface area contributed by atoms with Gasteiger partial charge in [0.1, 0.15) is 5.82 Å². The zero-order chi connectivity index (χ0) is 26.6. The number of amides is 2. The molecule has 0 bridgehead atoms. The number of nitrogens with zero attached hydrogens (tertiary/aromatic N) is 3. The molecule has 1 saturated carbocycles. The molecule has 0 radical (unpaired) electrons. The Morgan fingerprint density at radius 2 is 1.89 bits per heavy atom. The summed E-state index contributed by atoms with van der Waals surface area (Å²) in [5, 5.41) is 21.6. The summed E-state index contributed by atoms with van der Waals surface area (Å²) in [6.07, 6.45) is -1.59. The van der Waals surface area contributed by atoms with Crippen molar-refractivity contribution in [3.63, 3.8) is 0 Å². The predicted molar refractivity (Wildman–Crippen MR) is 130 cm³/mol. The van der Waals surface area contributed by atoms with Crippen molar-refractivity contribution in [2.24, 2.45) is 0 Å². The fourth-order valence-electron chi connectivity index (χ4n) is 5.31. The second-order valence-electron chi connectivity index (χ2n) is 9.80. The van der Waals surface area contributed by atoms with E-state index >= 15 is 0 Å². The third-order valence-corrected chi connectivity index (χ3v) is 7.31. The Labute approximate surface area is 213 Å². The summed E-state index contributed by atoms with van der Waals surface area (Å²) in [6, 6.07) is 11.5. The van der Waals surface area contributed by atoms with Gasteiger partial charge in [0, 0.05) is 37.9 Å². The molecule has 1 aliphatic carbocycles. The van der Waals surface area contributed by atoms with E-state index in [4.69, 9.17) is 0 Å². The third kappa shape index (κ3) is 6.79. The lowest BCUT2D eigenvalue weighted by atomic mass is 9.81. The Hall–Kier alpha value is -3.16. The first-order chi connectivity index (χ1) is 17.6. The highest BCUT2D eigenvalue weighted by molar-refractivity contribution is 5.89. The second-order valence-corrected chi connectivity index (χ2v) is 9.80. The van der Waals surface area contributed by atoms with Crippen molar-refractivity contribution in [3.05, 3.63) is 65.0 Å². The van der Waals surface area contributed by atoms with Gasteiger partial charge >= 0.3 is 12.2 Å². The van der Waals surface area contributed by atoms with Gasteiger partial charge in [-0.1, -0.05) is 12.1 Å². The second kappa shape index (κ2) is 11.5. The maximum atomic E-state index is 13.7. The van der Waals surface area contributed by atoms with Gasteiger partial charge in [0.05, 0.1) is 23.3 Å². The average molecular weight is 519 g/mol. The molecule has 2 aliphatic rings. The number of rotatable bonds is 6. The molecule has 0 unspecified atom stereocenters. The van der Waals surface area contributed by atoms with Crippen LogP contribution in [-0.4, -0.2) is 59.3 Å². The quantitative estimate of drug-likeness (QED) is 0.506.